The first-order valence-corrected chi connectivity index (χ1v) is 6.61. The smallest absolute Gasteiger partial charge is 0.161 e. The van der Waals surface area contributed by atoms with Crippen LogP contribution in [0, 0.1) is 0 Å². The Balaban J connectivity index is 2.00. The molecule has 0 unspecified atom stereocenters. The molecule has 0 aliphatic heterocycles. The zero-order chi connectivity index (χ0) is 14.4. The Morgan fingerprint density at radius 3 is 2.80 bits per heavy atom. The molecule has 5 heteroatoms. The molecule has 0 spiro atoms. The number of hydrogen-bond donors (Lipinski definition) is 1. The lowest BCUT2D eigenvalue weighted by Gasteiger charge is -2.11. The molecule has 4 nitrogen and oxygen atoms in total. The summed E-state index contributed by atoms with van der Waals surface area (Å²) in [6, 6.07) is 9.35. The molecule has 104 valence electrons. The van der Waals surface area contributed by atoms with Crippen molar-refractivity contribution in [3.05, 3.63) is 53.9 Å². The standard InChI is InChI=1S/C15H16N2O2S/c1-18-14-9-12(15(16)20)4-5-13(14)19-8-6-11-3-2-7-17-10-11/h2-5,7,9-10H,6,8H2,1H3,(H2,16,20). The highest BCUT2D eigenvalue weighted by molar-refractivity contribution is 7.80. The summed E-state index contributed by atoms with van der Waals surface area (Å²) in [6.45, 7) is 0.550. The van der Waals surface area contributed by atoms with Crippen LogP contribution in [0.5, 0.6) is 11.5 Å². The average Bonchev–Trinajstić information content (AvgIpc) is 2.48. The Hall–Kier alpha value is -2.14. The number of hydrogen-bond acceptors (Lipinski definition) is 4. The van der Waals surface area contributed by atoms with Crippen LogP contribution in [0.1, 0.15) is 11.1 Å². The van der Waals surface area contributed by atoms with Gasteiger partial charge < -0.3 is 15.2 Å². The van der Waals surface area contributed by atoms with Crippen LogP contribution in [-0.2, 0) is 6.42 Å². The highest BCUT2D eigenvalue weighted by Crippen LogP contribution is 2.28. The molecule has 0 fully saturated rings. The van der Waals surface area contributed by atoms with Crippen molar-refractivity contribution in [3.63, 3.8) is 0 Å². The van der Waals surface area contributed by atoms with Gasteiger partial charge in [0.25, 0.3) is 0 Å². The minimum absolute atomic E-state index is 0.338. The molecule has 1 aromatic carbocycles. The summed E-state index contributed by atoms with van der Waals surface area (Å²) in [5, 5.41) is 0. The summed E-state index contributed by atoms with van der Waals surface area (Å²) < 4.78 is 11.0. The van der Waals surface area contributed by atoms with Gasteiger partial charge in [-0.05, 0) is 29.8 Å². The molecule has 2 N–H and O–H groups in total. The molecule has 1 aromatic heterocycles. The number of benzene rings is 1. The largest absolute Gasteiger partial charge is 0.493 e. The Kier molecular flexibility index (Phi) is 4.90. The van der Waals surface area contributed by atoms with Gasteiger partial charge in [-0.2, -0.15) is 0 Å². The van der Waals surface area contributed by atoms with Crippen LogP contribution >= 0.6 is 12.2 Å². The van der Waals surface area contributed by atoms with E-state index in [2.05, 4.69) is 4.98 Å². The fourth-order valence-corrected chi connectivity index (χ4v) is 1.89. The van der Waals surface area contributed by atoms with E-state index in [-0.39, 0.29) is 0 Å². The molecule has 1 heterocycles. The van der Waals surface area contributed by atoms with Gasteiger partial charge >= 0.3 is 0 Å². The fraction of sp³-hybridized carbons (Fsp3) is 0.200. The first-order chi connectivity index (χ1) is 9.70. The highest BCUT2D eigenvalue weighted by Gasteiger charge is 2.07. The van der Waals surface area contributed by atoms with Gasteiger partial charge in [0.2, 0.25) is 0 Å². The molecule has 2 rings (SSSR count). The zero-order valence-corrected chi connectivity index (χ0v) is 12.0. The van der Waals surface area contributed by atoms with Gasteiger partial charge in [-0.15, -0.1) is 0 Å². The molecule has 0 atom stereocenters. The third-order valence-corrected chi connectivity index (χ3v) is 3.05. The van der Waals surface area contributed by atoms with Crippen molar-refractivity contribution < 1.29 is 9.47 Å². The van der Waals surface area contributed by atoms with Crippen LogP contribution < -0.4 is 15.2 Å². The second-order valence-electron chi connectivity index (χ2n) is 4.19. The topological polar surface area (TPSA) is 57.4 Å². The monoisotopic (exact) mass is 288 g/mol. The van der Waals surface area contributed by atoms with E-state index in [1.165, 1.54) is 0 Å². The van der Waals surface area contributed by atoms with E-state index < -0.39 is 0 Å². The molecule has 0 saturated carbocycles. The van der Waals surface area contributed by atoms with E-state index in [1.54, 1.807) is 19.4 Å². The van der Waals surface area contributed by atoms with E-state index in [1.807, 2.05) is 30.5 Å². The normalized spacial score (nSPS) is 10.1. The number of thiocarbonyl (C=S) groups is 1. The number of methoxy groups -OCH3 is 1. The van der Waals surface area contributed by atoms with Crippen molar-refractivity contribution in [1.29, 1.82) is 0 Å². The second-order valence-corrected chi connectivity index (χ2v) is 4.63. The van der Waals surface area contributed by atoms with E-state index in [4.69, 9.17) is 27.4 Å². The lowest BCUT2D eigenvalue weighted by atomic mass is 10.2. The highest BCUT2D eigenvalue weighted by atomic mass is 32.1. The molecule has 0 bridgehead atoms. The molecule has 0 radical (unpaired) electrons. The van der Waals surface area contributed by atoms with Gasteiger partial charge in [-0.3, -0.25) is 4.98 Å². The van der Waals surface area contributed by atoms with Crippen molar-refractivity contribution in [2.45, 2.75) is 6.42 Å². The molecular weight excluding hydrogens is 272 g/mol. The Morgan fingerprint density at radius 2 is 2.15 bits per heavy atom. The predicted octanol–water partition coefficient (Wildman–Crippen LogP) is 2.35. The van der Waals surface area contributed by atoms with Crippen LogP contribution in [-0.4, -0.2) is 23.7 Å². The minimum Gasteiger partial charge on any atom is -0.493 e. The third-order valence-electron chi connectivity index (χ3n) is 2.82. The van der Waals surface area contributed by atoms with Gasteiger partial charge in [0.15, 0.2) is 11.5 Å². The number of pyridine rings is 1. The molecule has 0 aliphatic rings. The fourth-order valence-electron chi connectivity index (χ4n) is 1.76. The van der Waals surface area contributed by atoms with Crippen LogP contribution in [0.3, 0.4) is 0 Å². The van der Waals surface area contributed by atoms with Crippen molar-refractivity contribution in [2.75, 3.05) is 13.7 Å². The van der Waals surface area contributed by atoms with Crippen molar-refractivity contribution in [1.82, 2.24) is 4.98 Å². The van der Waals surface area contributed by atoms with Crippen molar-refractivity contribution >= 4 is 17.2 Å². The Morgan fingerprint density at radius 1 is 1.30 bits per heavy atom. The zero-order valence-electron chi connectivity index (χ0n) is 11.2. The predicted molar refractivity (Wildman–Crippen MR) is 82.3 cm³/mol. The summed E-state index contributed by atoms with van der Waals surface area (Å²) in [5.41, 5.74) is 7.48. The van der Waals surface area contributed by atoms with E-state index in [0.29, 0.717) is 23.1 Å². The number of nitrogens with zero attached hydrogens (tertiary/aromatic N) is 1. The van der Waals surface area contributed by atoms with E-state index >= 15 is 0 Å². The van der Waals surface area contributed by atoms with Crippen molar-refractivity contribution in [3.8, 4) is 11.5 Å². The Bertz CT molecular complexity index is 588. The second kappa shape index (κ2) is 6.86. The Labute approximate surface area is 123 Å². The molecular formula is C15H16N2O2S. The summed E-state index contributed by atoms with van der Waals surface area (Å²) >= 11 is 4.94. The summed E-state index contributed by atoms with van der Waals surface area (Å²) in [7, 11) is 1.59. The third kappa shape index (κ3) is 3.68. The molecule has 0 saturated heterocycles. The quantitative estimate of drug-likeness (QED) is 0.827. The number of aromatic nitrogens is 1. The van der Waals surface area contributed by atoms with E-state index in [0.717, 1.165) is 17.5 Å². The van der Waals surface area contributed by atoms with Crippen LogP contribution in [0.25, 0.3) is 0 Å². The molecule has 2 aromatic rings. The summed E-state index contributed by atoms with van der Waals surface area (Å²) in [6.07, 6.45) is 4.37. The summed E-state index contributed by atoms with van der Waals surface area (Å²) in [4.78, 5) is 4.40. The summed E-state index contributed by atoms with van der Waals surface area (Å²) in [5.74, 6) is 1.30. The average molecular weight is 288 g/mol. The maximum absolute atomic E-state index is 5.73. The molecule has 0 amide bonds. The van der Waals surface area contributed by atoms with Gasteiger partial charge in [0, 0.05) is 24.4 Å². The SMILES string of the molecule is COc1cc(C(N)=S)ccc1OCCc1cccnc1. The van der Waals surface area contributed by atoms with Gasteiger partial charge in [-0.1, -0.05) is 18.3 Å². The first kappa shape index (κ1) is 14.3. The van der Waals surface area contributed by atoms with E-state index in [9.17, 15) is 0 Å². The number of rotatable bonds is 6. The minimum atomic E-state index is 0.338. The lowest BCUT2D eigenvalue weighted by Crippen LogP contribution is -2.10. The molecule has 0 aliphatic carbocycles. The van der Waals surface area contributed by atoms with Gasteiger partial charge in [0.1, 0.15) is 4.99 Å². The number of ether oxygens (including phenoxy) is 2. The molecule has 20 heavy (non-hydrogen) atoms. The van der Waals surface area contributed by atoms with Crippen LogP contribution in [0.2, 0.25) is 0 Å². The van der Waals surface area contributed by atoms with Gasteiger partial charge in [0.05, 0.1) is 13.7 Å². The van der Waals surface area contributed by atoms with Crippen LogP contribution in [0.15, 0.2) is 42.7 Å². The van der Waals surface area contributed by atoms with Crippen LogP contribution in [0.4, 0.5) is 0 Å². The number of nitrogens with two attached hydrogens (primary N) is 1. The maximum atomic E-state index is 5.73. The maximum Gasteiger partial charge on any atom is 0.161 e. The first-order valence-electron chi connectivity index (χ1n) is 6.20. The lowest BCUT2D eigenvalue weighted by molar-refractivity contribution is 0.297. The van der Waals surface area contributed by atoms with Gasteiger partial charge in [-0.25, -0.2) is 0 Å². The van der Waals surface area contributed by atoms with Crippen molar-refractivity contribution in [2.24, 2.45) is 5.73 Å².